The van der Waals surface area contributed by atoms with Gasteiger partial charge in [-0.3, -0.25) is 4.79 Å². The molecule has 1 aliphatic rings. The molecule has 8 heteroatoms. The summed E-state index contributed by atoms with van der Waals surface area (Å²) in [7, 11) is 0. The Morgan fingerprint density at radius 2 is 1.71 bits per heavy atom. The van der Waals surface area contributed by atoms with E-state index in [9.17, 15) is 22.8 Å². The first-order chi connectivity index (χ1) is 16.1. The molecule has 0 saturated carbocycles. The number of carbonyl (C=O) groups is 2. The minimum absolute atomic E-state index is 0.123. The maximum atomic E-state index is 12.9. The van der Waals surface area contributed by atoms with Gasteiger partial charge in [0, 0.05) is 13.1 Å². The van der Waals surface area contributed by atoms with Gasteiger partial charge in [-0.05, 0) is 65.9 Å². The lowest BCUT2D eigenvalue weighted by Crippen LogP contribution is -2.39. The average molecular weight is 488 g/mol. The van der Waals surface area contributed by atoms with Crippen LogP contribution in [-0.4, -0.2) is 28.7 Å². The number of fused-ring (bicyclic) bond motifs is 1. The highest BCUT2D eigenvalue weighted by molar-refractivity contribution is 6.30. The Bertz CT molecular complexity index is 1220. The van der Waals surface area contributed by atoms with Gasteiger partial charge in [-0.25, -0.2) is 4.79 Å². The topological polar surface area (TPSA) is 46.6 Å². The first-order valence-corrected chi connectivity index (χ1v) is 11.1. The molecule has 0 saturated heterocycles. The lowest BCUT2D eigenvalue weighted by Gasteiger charge is -2.30. The number of ether oxygens (including phenoxy) is 1. The van der Waals surface area contributed by atoms with Crippen LogP contribution in [0.5, 0.6) is 5.75 Å². The minimum Gasteiger partial charge on any atom is -0.423 e. The minimum atomic E-state index is -4.43. The number of halogens is 4. The van der Waals surface area contributed by atoms with Crippen LogP contribution in [0.3, 0.4) is 0 Å². The van der Waals surface area contributed by atoms with Gasteiger partial charge in [-0.15, -0.1) is 11.6 Å². The van der Waals surface area contributed by atoms with Crippen molar-refractivity contribution in [3.63, 3.8) is 0 Å². The van der Waals surface area contributed by atoms with Crippen molar-refractivity contribution in [3.05, 3.63) is 89.0 Å². The van der Waals surface area contributed by atoms with Crippen LogP contribution in [0.2, 0.25) is 0 Å². The van der Waals surface area contributed by atoms with Crippen LogP contribution >= 0.6 is 11.6 Å². The molecule has 4 nitrogen and oxygen atoms in total. The Kier molecular flexibility index (Phi) is 6.66. The summed E-state index contributed by atoms with van der Waals surface area (Å²) in [4.78, 5) is 26.8. The summed E-state index contributed by atoms with van der Waals surface area (Å²) in [6.07, 6.45) is -3.83. The summed E-state index contributed by atoms with van der Waals surface area (Å²) in [6.45, 7) is 2.61. The molecule has 0 radical (unpaired) electrons. The summed E-state index contributed by atoms with van der Waals surface area (Å²) in [5.74, 6) is -0.377. The van der Waals surface area contributed by atoms with Gasteiger partial charge < -0.3 is 9.64 Å². The molecule has 1 atom stereocenters. The van der Waals surface area contributed by atoms with Crippen molar-refractivity contribution in [2.24, 2.45) is 0 Å². The van der Waals surface area contributed by atoms with Crippen LogP contribution in [0.4, 0.5) is 13.2 Å². The van der Waals surface area contributed by atoms with E-state index >= 15 is 0 Å². The number of benzene rings is 3. The third-order valence-electron chi connectivity index (χ3n) is 5.72. The molecular formula is C26H21ClF3NO3. The van der Waals surface area contributed by atoms with Crippen molar-refractivity contribution >= 4 is 23.5 Å². The summed E-state index contributed by atoms with van der Waals surface area (Å²) < 4.78 is 44.3. The van der Waals surface area contributed by atoms with Crippen molar-refractivity contribution in [1.82, 2.24) is 4.90 Å². The molecule has 0 aromatic heterocycles. The standard InChI is InChI=1S/C26H21ClF3NO3/c1-16(27)24(32)31-13-12-18-14-21(11-8-19(18)15-31)34-25(33)23-5-3-2-4-22(23)17-6-9-20(10-7-17)26(28,29)30/h2-11,14,16H,12-13,15H2,1H3. The van der Waals surface area contributed by atoms with Crippen molar-refractivity contribution in [3.8, 4) is 16.9 Å². The first-order valence-electron chi connectivity index (χ1n) is 10.7. The zero-order valence-corrected chi connectivity index (χ0v) is 19.0. The van der Waals surface area contributed by atoms with Gasteiger partial charge in [0.05, 0.1) is 11.1 Å². The monoisotopic (exact) mass is 487 g/mol. The molecule has 1 heterocycles. The molecule has 4 rings (SSSR count). The Labute approximate surface area is 199 Å². The van der Waals surface area contributed by atoms with Crippen molar-refractivity contribution in [1.29, 1.82) is 0 Å². The van der Waals surface area contributed by atoms with E-state index in [4.69, 9.17) is 16.3 Å². The Morgan fingerprint density at radius 3 is 2.38 bits per heavy atom. The molecule has 3 aromatic rings. The van der Waals surface area contributed by atoms with E-state index in [0.29, 0.717) is 36.4 Å². The second kappa shape index (κ2) is 9.50. The summed E-state index contributed by atoms with van der Waals surface area (Å²) in [5.41, 5.74) is 2.38. The quantitative estimate of drug-likeness (QED) is 0.254. The maximum absolute atomic E-state index is 12.9. The molecule has 176 valence electrons. The van der Waals surface area contributed by atoms with Crippen molar-refractivity contribution in [2.45, 2.75) is 31.4 Å². The fraction of sp³-hybridized carbons (Fsp3) is 0.231. The predicted molar refractivity (Wildman–Crippen MR) is 123 cm³/mol. The van der Waals surface area contributed by atoms with Crippen LogP contribution in [0.1, 0.15) is 34.0 Å². The number of carbonyl (C=O) groups excluding carboxylic acids is 2. The average Bonchev–Trinajstić information content (AvgIpc) is 2.82. The van der Waals surface area contributed by atoms with Gasteiger partial charge in [0.1, 0.15) is 11.1 Å². The number of hydrogen-bond acceptors (Lipinski definition) is 3. The molecule has 1 unspecified atom stereocenters. The van der Waals surface area contributed by atoms with E-state index in [0.717, 1.165) is 23.3 Å². The SMILES string of the molecule is CC(Cl)C(=O)N1CCc2cc(OC(=O)c3ccccc3-c3ccc(C(F)(F)F)cc3)ccc2C1. The van der Waals surface area contributed by atoms with Crippen LogP contribution in [0, 0.1) is 0 Å². The highest BCUT2D eigenvalue weighted by atomic mass is 35.5. The third kappa shape index (κ3) is 5.09. The second-order valence-electron chi connectivity index (χ2n) is 8.07. The zero-order valence-electron chi connectivity index (χ0n) is 18.2. The molecule has 1 amide bonds. The van der Waals surface area contributed by atoms with E-state index < -0.39 is 23.1 Å². The van der Waals surface area contributed by atoms with Gasteiger partial charge in [-0.2, -0.15) is 13.2 Å². The van der Waals surface area contributed by atoms with Gasteiger partial charge in [0.25, 0.3) is 0 Å². The molecule has 3 aromatic carbocycles. The first kappa shape index (κ1) is 23.8. The summed E-state index contributed by atoms with van der Waals surface area (Å²) in [6, 6.07) is 16.5. The summed E-state index contributed by atoms with van der Waals surface area (Å²) in [5, 5.41) is -0.591. The molecule has 0 bridgehead atoms. The predicted octanol–water partition coefficient (Wildman–Crippen LogP) is 6.10. The van der Waals surface area contributed by atoms with Gasteiger partial charge in [-0.1, -0.05) is 36.4 Å². The Morgan fingerprint density at radius 1 is 1.00 bits per heavy atom. The number of alkyl halides is 4. The fourth-order valence-corrected chi connectivity index (χ4v) is 4.08. The Hall–Kier alpha value is -3.32. The maximum Gasteiger partial charge on any atom is 0.416 e. The second-order valence-corrected chi connectivity index (χ2v) is 8.72. The van der Waals surface area contributed by atoms with Crippen LogP contribution in [0.25, 0.3) is 11.1 Å². The molecule has 0 spiro atoms. The summed E-state index contributed by atoms with van der Waals surface area (Å²) >= 11 is 5.92. The van der Waals surface area contributed by atoms with Crippen LogP contribution in [-0.2, 0) is 23.9 Å². The molecule has 0 N–H and O–H groups in total. The third-order valence-corrected chi connectivity index (χ3v) is 5.91. The molecule has 0 aliphatic carbocycles. The van der Waals surface area contributed by atoms with E-state index in [1.54, 1.807) is 48.2 Å². The highest BCUT2D eigenvalue weighted by Crippen LogP contribution is 2.32. The number of esters is 1. The number of amides is 1. The van der Waals surface area contributed by atoms with Gasteiger partial charge in [0.2, 0.25) is 5.91 Å². The van der Waals surface area contributed by atoms with Crippen LogP contribution < -0.4 is 4.74 Å². The molecule has 1 aliphatic heterocycles. The van der Waals surface area contributed by atoms with E-state index in [1.807, 2.05) is 6.07 Å². The fourth-order valence-electron chi connectivity index (χ4n) is 3.95. The smallest absolute Gasteiger partial charge is 0.416 e. The largest absolute Gasteiger partial charge is 0.423 e. The molecule has 34 heavy (non-hydrogen) atoms. The van der Waals surface area contributed by atoms with E-state index in [2.05, 4.69) is 0 Å². The number of hydrogen-bond donors (Lipinski definition) is 0. The van der Waals surface area contributed by atoms with E-state index in [-0.39, 0.29) is 11.5 Å². The normalized spacial score (nSPS) is 14.3. The van der Waals surface area contributed by atoms with Gasteiger partial charge >= 0.3 is 12.1 Å². The highest BCUT2D eigenvalue weighted by Gasteiger charge is 2.30. The lowest BCUT2D eigenvalue weighted by molar-refractivity contribution is -0.137. The van der Waals surface area contributed by atoms with Crippen molar-refractivity contribution < 1.29 is 27.5 Å². The molecule has 0 fully saturated rings. The lowest BCUT2D eigenvalue weighted by atomic mass is 9.98. The number of nitrogens with zero attached hydrogens (tertiary/aromatic N) is 1. The van der Waals surface area contributed by atoms with Crippen LogP contribution in [0.15, 0.2) is 66.7 Å². The molecular weight excluding hydrogens is 467 g/mol. The van der Waals surface area contributed by atoms with E-state index in [1.165, 1.54) is 12.1 Å². The number of rotatable bonds is 4. The van der Waals surface area contributed by atoms with Gasteiger partial charge in [0.15, 0.2) is 0 Å². The Balaban J connectivity index is 1.53. The van der Waals surface area contributed by atoms with Crippen molar-refractivity contribution in [2.75, 3.05) is 6.54 Å². The zero-order chi connectivity index (χ0) is 24.5.